The van der Waals surface area contributed by atoms with Crippen LogP contribution in [0.4, 0.5) is 0 Å². The van der Waals surface area contributed by atoms with Crippen LogP contribution in [0.25, 0.3) is 12.2 Å². The zero-order valence-corrected chi connectivity index (χ0v) is 17.7. The maximum atomic E-state index is 12.4. The molecule has 0 saturated heterocycles. The van der Waals surface area contributed by atoms with Gasteiger partial charge in [-0.05, 0) is 57.0 Å². The molecule has 0 bridgehead atoms. The van der Waals surface area contributed by atoms with E-state index >= 15 is 0 Å². The second-order valence-corrected chi connectivity index (χ2v) is 7.67. The van der Waals surface area contributed by atoms with Crippen molar-refractivity contribution in [3.63, 3.8) is 0 Å². The minimum atomic E-state index is -0.0970. The molecule has 0 spiro atoms. The van der Waals surface area contributed by atoms with Crippen molar-refractivity contribution in [3.8, 4) is 0 Å². The Morgan fingerprint density at radius 2 is 1.23 bits per heavy atom. The molecule has 6 heteroatoms. The van der Waals surface area contributed by atoms with Crippen LogP contribution in [0.5, 0.6) is 0 Å². The summed E-state index contributed by atoms with van der Waals surface area (Å²) in [5, 5.41) is 8.40. The lowest BCUT2D eigenvalue weighted by molar-refractivity contribution is 0.103. The Hall–Kier alpha value is -3.54. The summed E-state index contributed by atoms with van der Waals surface area (Å²) in [4.78, 5) is 24.7. The van der Waals surface area contributed by atoms with Crippen molar-refractivity contribution in [3.05, 3.63) is 83.5 Å². The molecule has 0 fully saturated rings. The summed E-state index contributed by atoms with van der Waals surface area (Å²) in [6, 6.07) is 8.05. The molecule has 1 aromatic carbocycles. The number of benzene rings is 1. The average molecular weight is 402 g/mol. The number of nitrogens with zero attached hydrogens (tertiary/aromatic N) is 4. The van der Waals surface area contributed by atoms with E-state index in [0.717, 1.165) is 11.1 Å². The van der Waals surface area contributed by atoms with Gasteiger partial charge in [-0.1, -0.05) is 30.4 Å². The average Bonchev–Trinajstić information content (AvgIpc) is 3.40. The third kappa shape index (κ3) is 5.29. The molecular formula is C24H26N4O2. The lowest BCUT2D eigenvalue weighted by Gasteiger charge is -2.02. The van der Waals surface area contributed by atoms with Gasteiger partial charge in [0, 0.05) is 24.5 Å². The predicted molar refractivity (Wildman–Crippen MR) is 118 cm³/mol. The Morgan fingerprint density at radius 3 is 1.60 bits per heavy atom. The number of hydrogen-bond acceptors (Lipinski definition) is 4. The highest BCUT2D eigenvalue weighted by molar-refractivity contribution is 6.07. The lowest BCUT2D eigenvalue weighted by Crippen LogP contribution is -2.00. The highest BCUT2D eigenvalue weighted by Crippen LogP contribution is 2.12. The number of carbonyl (C=O) groups excluding carboxylic acids is 2. The molecule has 0 saturated carbocycles. The fourth-order valence-corrected chi connectivity index (χ4v) is 2.80. The Balaban J connectivity index is 1.67. The van der Waals surface area contributed by atoms with Crippen LogP contribution >= 0.6 is 0 Å². The normalized spacial score (nSPS) is 11.9. The van der Waals surface area contributed by atoms with Crippen LogP contribution in [-0.2, 0) is 0 Å². The van der Waals surface area contributed by atoms with Crippen molar-refractivity contribution < 1.29 is 9.59 Å². The lowest BCUT2D eigenvalue weighted by atomic mass is 10.1. The number of hydrogen-bond donors (Lipinski definition) is 0. The van der Waals surface area contributed by atoms with E-state index in [1.807, 2.05) is 52.0 Å². The van der Waals surface area contributed by atoms with E-state index in [1.165, 1.54) is 12.2 Å². The van der Waals surface area contributed by atoms with E-state index in [9.17, 15) is 9.59 Å². The van der Waals surface area contributed by atoms with E-state index < -0.39 is 0 Å². The van der Waals surface area contributed by atoms with Crippen LogP contribution in [0.1, 0.15) is 71.6 Å². The molecule has 2 heterocycles. The highest BCUT2D eigenvalue weighted by atomic mass is 16.1. The summed E-state index contributed by atoms with van der Waals surface area (Å²) in [5.41, 5.74) is 2.87. The first kappa shape index (κ1) is 21.2. The smallest absolute Gasteiger partial charge is 0.189 e. The number of allylic oxidation sites excluding steroid dienone is 2. The third-order valence-corrected chi connectivity index (χ3v) is 4.60. The molecule has 154 valence electrons. The van der Waals surface area contributed by atoms with E-state index in [-0.39, 0.29) is 23.7 Å². The van der Waals surface area contributed by atoms with Crippen molar-refractivity contribution in [2.24, 2.45) is 0 Å². The molecule has 0 aliphatic carbocycles. The maximum absolute atomic E-state index is 12.4. The van der Waals surface area contributed by atoms with Gasteiger partial charge in [0.2, 0.25) is 0 Å². The summed E-state index contributed by atoms with van der Waals surface area (Å²) in [6.07, 6.45) is 13.3. The van der Waals surface area contributed by atoms with Crippen molar-refractivity contribution in [2.75, 3.05) is 0 Å². The first-order valence-corrected chi connectivity index (χ1v) is 9.96. The Labute approximate surface area is 176 Å². The standard InChI is InChI=1S/C24H26N4O2/c1-17(2)27-15-21(13-25-27)23(29)10-8-19-6-5-7-20(12-19)9-11-24(30)22-14-26-28(16-22)18(3)4/h5-18H,1-4H3/b10-8+,11-9+. The van der Waals surface area contributed by atoms with Crippen LogP contribution in [-0.4, -0.2) is 31.1 Å². The monoisotopic (exact) mass is 402 g/mol. The number of carbonyl (C=O) groups is 2. The molecular weight excluding hydrogens is 376 g/mol. The topological polar surface area (TPSA) is 69.8 Å². The van der Waals surface area contributed by atoms with Gasteiger partial charge in [0.05, 0.1) is 23.5 Å². The quantitative estimate of drug-likeness (QED) is 0.391. The number of rotatable bonds is 8. The fourth-order valence-electron chi connectivity index (χ4n) is 2.80. The van der Waals surface area contributed by atoms with Gasteiger partial charge in [-0.3, -0.25) is 19.0 Å². The maximum Gasteiger partial charge on any atom is 0.189 e. The van der Waals surface area contributed by atoms with E-state index in [4.69, 9.17) is 0 Å². The molecule has 6 nitrogen and oxygen atoms in total. The largest absolute Gasteiger partial charge is 0.289 e. The summed E-state index contributed by atoms with van der Waals surface area (Å²) in [5.74, 6) is -0.194. The van der Waals surface area contributed by atoms with Gasteiger partial charge in [-0.15, -0.1) is 0 Å². The van der Waals surface area contributed by atoms with Crippen LogP contribution in [0, 0.1) is 0 Å². The van der Waals surface area contributed by atoms with Gasteiger partial charge in [0.25, 0.3) is 0 Å². The Kier molecular flexibility index (Phi) is 6.57. The first-order valence-electron chi connectivity index (χ1n) is 9.96. The van der Waals surface area contributed by atoms with Crippen LogP contribution < -0.4 is 0 Å². The number of aromatic nitrogens is 4. The summed E-state index contributed by atoms with van der Waals surface area (Å²) in [6.45, 7) is 8.04. The van der Waals surface area contributed by atoms with Crippen LogP contribution in [0.15, 0.2) is 61.2 Å². The highest BCUT2D eigenvalue weighted by Gasteiger charge is 2.08. The molecule has 0 unspecified atom stereocenters. The third-order valence-electron chi connectivity index (χ3n) is 4.60. The van der Waals surface area contributed by atoms with Crippen molar-refractivity contribution in [1.29, 1.82) is 0 Å². The predicted octanol–water partition coefficient (Wildman–Crippen LogP) is 5.03. The van der Waals surface area contributed by atoms with Crippen molar-refractivity contribution >= 4 is 23.7 Å². The summed E-state index contributed by atoms with van der Waals surface area (Å²) >= 11 is 0. The van der Waals surface area contributed by atoms with Gasteiger partial charge in [0.1, 0.15) is 0 Å². The summed E-state index contributed by atoms with van der Waals surface area (Å²) in [7, 11) is 0. The van der Waals surface area contributed by atoms with E-state index in [0.29, 0.717) is 11.1 Å². The Morgan fingerprint density at radius 1 is 0.800 bits per heavy atom. The van der Waals surface area contributed by atoms with Crippen molar-refractivity contribution in [1.82, 2.24) is 19.6 Å². The molecule has 3 aromatic rings. The molecule has 0 aliphatic heterocycles. The molecule has 0 atom stereocenters. The zero-order valence-electron chi connectivity index (χ0n) is 17.7. The second-order valence-electron chi connectivity index (χ2n) is 7.67. The van der Waals surface area contributed by atoms with Crippen molar-refractivity contribution in [2.45, 2.75) is 39.8 Å². The Bertz CT molecular complexity index is 1020. The molecule has 0 amide bonds. The molecule has 30 heavy (non-hydrogen) atoms. The van der Waals surface area contributed by atoms with Crippen LogP contribution in [0.3, 0.4) is 0 Å². The van der Waals surface area contributed by atoms with Gasteiger partial charge < -0.3 is 0 Å². The van der Waals surface area contributed by atoms with E-state index in [1.54, 1.807) is 46.3 Å². The second kappa shape index (κ2) is 9.31. The van der Waals surface area contributed by atoms with E-state index in [2.05, 4.69) is 10.2 Å². The zero-order chi connectivity index (χ0) is 21.7. The minimum Gasteiger partial charge on any atom is -0.289 e. The fraction of sp³-hybridized carbons (Fsp3) is 0.250. The molecule has 0 N–H and O–H groups in total. The molecule has 0 aliphatic rings. The SMILES string of the molecule is CC(C)n1cc(C(=O)/C=C/c2cccc(/C=C/C(=O)c3cnn(C(C)C)c3)c2)cn1. The molecule has 0 radical (unpaired) electrons. The molecule has 3 rings (SSSR count). The number of ketones is 2. The van der Waals surface area contributed by atoms with Gasteiger partial charge in [-0.25, -0.2) is 0 Å². The molecule has 2 aromatic heterocycles. The first-order chi connectivity index (χ1) is 14.3. The van der Waals surface area contributed by atoms with Gasteiger partial charge in [0.15, 0.2) is 11.6 Å². The van der Waals surface area contributed by atoms with Crippen LogP contribution in [0.2, 0.25) is 0 Å². The van der Waals surface area contributed by atoms with Gasteiger partial charge in [-0.2, -0.15) is 10.2 Å². The summed E-state index contributed by atoms with van der Waals surface area (Å²) < 4.78 is 3.52. The van der Waals surface area contributed by atoms with Gasteiger partial charge >= 0.3 is 0 Å². The minimum absolute atomic E-state index is 0.0970.